The molecule has 0 N–H and O–H groups in total. The van der Waals surface area contributed by atoms with Gasteiger partial charge in [-0.2, -0.15) is 0 Å². The Hall–Kier alpha value is -2.48. The first kappa shape index (κ1) is 13.5. The van der Waals surface area contributed by atoms with Gasteiger partial charge in [0.15, 0.2) is 0 Å². The minimum absolute atomic E-state index is 0.114. The molecule has 1 aliphatic rings. The normalized spacial score (nSPS) is 17.5. The van der Waals surface area contributed by atoms with Gasteiger partial charge in [-0.3, -0.25) is 19.8 Å². The van der Waals surface area contributed by atoms with Gasteiger partial charge in [0.2, 0.25) is 5.91 Å². The van der Waals surface area contributed by atoms with E-state index in [2.05, 4.69) is 9.97 Å². The highest BCUT2D eigenvalue weighted by atomic mass is 32.2. The number of anilines is 2. The molecule has 1 aliphatic heterocycles. The lowest BCUT2D eigenvalue weighted by Gasteiger charge is -2.30. The summed E-state index contributed by atoms with van der Waals surface area (Å²) in [6, 6.07) is 6.32. The van der Waals surface area contributed by atoms with E-state index in [1.807, 2.05) is 0 Å². The fourth-order valence-electron chi connectivity index (χ4n) is 2.02. The van der Waals surface area contributed by atoms with Crippen LogP contribution < -0.4 is 4.90 Å². The topological polar surface area (TPSA) is 89.2 Å². The lowest BCUT2D eigenvalue weighted by atomic mass is 10.3. The molecule has 2 aromatic rings. The van der Waals surface area contributed by atoms with E-state index < -0.39 is 4.92 Å². The van der Waals surface area contributed by atoms with Gasteiger partial charge in [0.1, 0.15) is 17.0 Å². The zero-order chi connectivity index (χ0) is 15.0. The van der Waals surface area contributed by atoms with Gasteiger partial charge in [-0.1, -0.05) is 11.8 Å². The Balaban J connectivity index is 2.07. The Bertz CT molecular complexity index is 720. The van der Waals surface area contributed by atoms with Crippen LogP contribution in [0, 0.1) is 10.1 Å². The van der Waals surface area contributed by atoms with Crippen molar-refractivity contribution in [3.63, 3.8) is 0 Å². The average Bonchev–Trinajstić information content (AvgIpc) is 2.49. The molecule has 8 heteroatoms. The second kappa shape index (κ2) is 5.13. The molecule has 0 unspecified atom stereocenters. The van der Waals surface area contributed by atoms with Crippen molar-refractivity contribution < 1.29 is 9.72 Å². The van der Waals surface area contributed by atoms with Crippen LogP contribution >= 0.6 is 11.8 Å². The first-order valence-electron chi connectivity index (χ1n) is 6.14. The van der Waals surface area contributed by atoms with Crippen molar-refractivity contribution in [3.8, 4) is 0 Å². The summed E-state index contributed by atoms with van der Waals surface area (Å²) in [6.45, 7) is 1.79. The number of carbonyl (C=O) groups excluding carboxylic acids is 1. The number of nitro groups is 1. The molecule has 0 aliphatic carbocycles. The van der Waals surface area contributed by atoms with E-state index >= 15 is 0 Å². The number of thioether (sulfide) groups is 1. The van der Waals surface area contributed by atoms with Crippen LogP contribution in [0.3, 0.4) is 0 Å². The lowest BCUT2D eigenvalue weighted by molar-refractivity contribution is -0.385. The molecule has 21 heavy (non-hydrogen) atoms. The van der Waals surface area contributed by atoms with Crippen LogP contribution in [0.25, 0.3) is 0 Å². The summed E-state index contributed by atoms with van der Waals surface area (Å²) >= 11 is 1.39. The molecule has 106 valence electrons. The fraction of sp³-hybridized carbons (Fsp3) is 0.154. The third-order valence-corrected chi connectivity index (χ3v) is 4.11. The van der Waals surface area contributed by atoms with Crippen molar-refractivity contribution in [2.45, 2.75) is 17.2 Å². The number of aromatic nitrogens is 2. The summed E-state index contributed by atoms with van der Waals surface area (Å²) < 4.78 is 0. The highest BCUT2D eigenvalue weighted by Gasteiger charge is 2.33. The summed E-state index contributed by atoms with van der Waals surface area (Å²) in [5, 5.41) is 11.1. The summed E-state index contributed by atoms with van der Waals surface area (Å²) in [4.78, 5) is 32.3. The van der Waals surface area contributed by atoms with Crippen molar-refractivity contribution in [2.75, 3.05) is 4.90 Å². The van der Waals surface area contributed by atoms with Crippen LogP contribution in [0.15, 0.2) is 41.7 Å². The molecule has 2 aromatic heterocycles. The maximum atomic E-state index is 12.4. The first-order valence-corrected chi connectivity index (χ1v) is 7.02. The third-order valence-electron chi connectivity index (χ3n) is 3.02. The largest absolute Gasteiger partial charge is 0.287 e. The van der Waals surface area contributed by atoms with Gasteiger partial charge in [0.05, 0.1) is 15.9 Å². The third kappa shape index (κ3) is 2.33. The van der Waals surface area contributed by atoms with Crippen molar-refractivity contribution >= 4 is 34.9 Å². The molecule has 3 rings (SSSR count). The molecule has 0 aromatic carbocycles. The molecule has 0 bridgehead atoms. The smallest absolute Gasteiger partial charge is 0.273 e. The Labute approximate surface area is 124 Å². The van der Waals surface area contributed by atoms with Crippen molar-refractivity contribution in [2.24, 2.45) is 0 Å². The Morgan fingerprint density at radius 1 is 1.33 bits per heavy atom. The van der Waals surface area contributed by atoms with Crippen molar-refractivity contribution in [1.82, 2.24) is 9.97 Å². The summed E-state index contributed by atoms with van der Waals surface area (Å²) in [7, 11) is 0. The zero-order valence-electron chi connectivity index (χ0n) is 11.0. The highest BCUT2D eigenvalue weighted by Crippen LogP contribution is 2.40. The van der Waals surface area contributed by atoms with E-state index in [4.69, 9.17) is 0 Å². The highest BCUT2D eigenvalue weighted by molar-refractivity contribution is 8.00. The van der Waals surface area contributed by atoms with E-state index in [1.165, 1.54) is 28.8 Å². The first-order chi connectivity index (χ1) is 10.1. The molecule has 0 spiro atoms. The van der Waals surface area contributed by atoms with Gasteiger partial charge < -0.3 is 0 Å². The number of hydrogen-bond donors (Lipinski definition) is 0. The van der Waals surface area contributed by atoms with Gasteiger partial charge in [-0.25, -0.2) is 9.97 Å². The van der Waals surface area contributed by atoms with Crippen LogP contribution in [-0.2, 0) is 4.79 Å². The zero-order valence-corrected chi connectivity index (χ0v) is 11.8. The maximum Gasteiger partial charge on any atom is 0.287 e. The summed E-state index contributed by atoms with van der Waals surface area (Å²) in [5.41, 5.74) is 0.531. The predicted octanol–water partition coefficient (Wildman–Crippen LogP) is 2.54. The molecule has 0 saturated carbocycles. The number of carbonyl (C=O) groups is 1. The van der Waals surface area contributed by atoms with Crippen LogP contribution in [-0.4, -0.2) is 26.0 Å². The van der Waals surface area contributed by atoms with Crippen molar-refractivity contribution in [3.05, 3.63) is 46.8 Å². The SMILES string of the molecule is C[C@@H]1Sc2ncccc2N(c2ccc([N+](=O)[O-])cn2)C1=O. The van der Waals surface area contributed by atoms with Gasteiger partial charge in [0, 0.05) is 12.3 Å². The van der Waals surface area contributed by atoms with Crippen LogP contribution in [0.2, 0.25) is 0 Å². The van der Waals surface area contributed by atoms with Crippen molar-refractivity contribution in [1.29, 1.82) is 0 Å². The second-order valence-corrected chi connectivity index (χ2v) is 5.72. The average molecular weight is 302 g/mol. The Kier molecular flexibility index (Phi) is 3.30. The van der Waals surface area contributed by atoms with Crippen LogP contribution in [0.1, 0.15) is 6.92 Å². The van der Waals surface area contributed by atoms with E-state index in [-0.39, 0.29) is 16.8 Å². The number of pyridine rings is 2. The van der Waals surface area contributed by atoms with Crippen LogP contribution in [0.4, 0.5) is 17.2 Å². The molecule has 0 radical (unpaired) electrons. The molecule has 1 atom stereocenters. The van der Waals surface area contributed by atoms with E-state index in [9.17, 15) is 14.9 Å². The standard InChI is InChI=1S/C13H10N4O3S/c1-8-13(18)16(10-3-2-6-14-12(10)21-8)11-5-4-9(7-15-11)17(19)20/h2-8H,1H3/t8-/m0/s1. The molecule has 1 amide bonds. The summed E-state index contributed by atoms with van der Waals surface area (Å²) in [5.74, 6) is 0.230. The maximum absolute atomic E-state index is 12.4. The van der Waals surface area contributed by atoms with E-state index in [0.29, 0.717) is 11.5 Å². The molecular formula is C13H10N4O3S. The number of fused-ring (bicyclic) bond motifs is 1. The minimum atomic E-state index is -0.525. The quantitative estimate of drug-likeness (QED) is 0.625. The number of rotatable bonds is 2. The lowest BCUT2D eigenvalue weighted by Crippen LogP contribution is -2.36. The summed E-state index contributed by atoms with van der Waals surface area (Å²) in [6.07, 6.45) is 2.81. The fourth-order valence-corrected chi connectivity index (χ4v) is 2.96. The van der Waals surface area contributed by atoms with E-state index in [0.717, 1.165) is 11.2 Å². The molecule has 0 saturated heterocycles. The van der Waals surface area contributed by atoms with Gasteiger partial charge in [-0.05, 0) is 25.1 Å². The molecule has 0 fully saturated rings. The number of hydrogen-bond acceptors (Lipinski definition) is 6. The minimum Gasteiger partial charge on any atom is -0.273 e. The van der Waals surface area contributed by atoms with Crippen LogP contribution in [0.5, 0.6) is 0 Å². The molecular weight excluding hydrogens is 292 g/mol. The molecule has 7 nitrogen and oxygen atoms in total. The van der Waals surface area contributed by atoms with Gasteiger partial charge in [0.25, 0.3) is 5.69 Å². The number of nitrogens with zero attached hydrogens (tertiary/aromatic N) is 4. The molecule has 3 heterocycles. The second-order valence-electron chi connectivity index (χ2n) is 4.39. The van der Waals surface area contributed by atoms with E-state index in [1.54, 1.807) is 25.3 Å². The Morgan fingerprint density at radius 2 is 2.14 bits per heavy atom. The monoisotopic (exact) mass is 302 g/mol. The van der Waals surface area contributed by atoms with Gasteiger partial charge >= 0.3 is 0 Å². The Morgan fingerprint density at radius 3 is 2.81 bits per heavy atom. The number of amides is 1. The predicted molar refractivity (Wildman–Crippen MR) is 77.6 cm³/mol. The van der Waals surface area contributed by atoms with Gasteiger partial charge in [-0.15, -0.1) is 0 Å².